The van der Waals surface area contributed by atoms with Gasteiger partial charge in [0.25, 0.3) is 0 Å². The maximum Gasteiger partial charge on any atom is 0.0488 e. The van der Waals surface area contributed by atoms with Gasteiger partial charge in [-0.2, -0.15) is 0 Å². The van der Waals surface area contributed by atoms with Gasteiger partial charge in [0.2, 0.25) is 0 Å². The van der Waals surface area contributed by atoms with E-state index in [-0.39, 0.29) is 5.54 Å². The fourth-order valence-electron chi connectivity index (χ4n) is 4.69. The van der Waals surface area contributed by atoms with Crippen molar-refractivity contribution < 1.29 is 0 Å². The molecule has 0 saturated carbocycles. The van der Waals surface area contributed by atoms with Crippen molar-refractivity contribution in [3.63, 3.8) is 0 Å². The lowest BCUT2D eigenvalue weighted by atomic mass is 9.71. The smallest absolute Gasteiger partial charge is 0.0488 e. The minimum atomic E-state index is 0.278. The van der Waals surface area contributed by atoms with E-state index >= 15 is 0 Å². The normalized spacial score (nSPS) is 40.2. The molecule has 4 fully saturated rings. The summed E-state index contributed by atoms with van der Waals surface area (Å²) in [5.41, 5.74) is 6.87. The van der Waals surface area contributed by atoms with Crippen molar-refractivity contribution in [2.75, 3.05) is 52.4 Å². The second kappa shape index (κ2) is 5.24. The zero-order valence-electron chi connectivity index (χ0n) is 13.6. The first kappa shape index (κ1) is 14.8. The van der Waals surface area contributed by atoms with Gasteiger partial charge in [-0.25, -0.2) is 0 Å². The van der Waals surface area contributed by atoms with Crippen LogP contribution in [0.25, 0.3) is 0 Å². The minimum absolute atomic E-state index is 0.278. The highest BCUT2D eigenvalue weighted by molar-refractivity contribution is 5.07. The van der Waals surface area contributed by atoms with Crippen LogP contribution >= 0.6 is 0 Å². The lowest BCUT2D eigenvalue weighted by Crippen LogP contribution is -2.72. The van der Waals surface area contributed by atoms with Crippen LogP contribution in [0.3, 0.4) is 0 Å². The Morgan fingerprint density at radius 3 is 2.00 bits per heavy atom. The largest absolute Gasteiger partial charge is 0.329 e. The van der Waals surface area contributed by atoms with E-state index in [1.807, 2.05) is 0 Å². The molecule has 2 bridgehead atoms. The molecule has 0 aromatic heterocycles. The fourth-order valence-corrected chi connectivity index (χ4v) is 4.69. The van der Waals surface area contributed by atoms with E-state index in [4.69, 9.17) is 5.73 Å². The SMILES string of the molecule is CC(C)(C)N1CCN(C2(CN)CN3CCC2CC3)CC1. The Kier molecular flexibility index (Phi) is 3.87. The van der Waals surface area contributed by atoms with Gasteiger partial charge in [0.05, 0.1) is 0 Å². The highest BCUT2D eigenvalue weighted by Gasteiger charge is 2.50. The van der Waals surface area contributed by atoms with Crippen LogP contribution in [0.5, 0.6) is 0 Å². The Bertz CT molecular complexity index is 335. The van der Waals surface area contributed by atoms with Gasteiger partial charge in [0.15, 0.2) is 0 Å². The number of piperidine rings is 3. The number of hydrogen-bond acceptors (Lipinski definition) is 4. The molecular formula is C16H32N4. The molecule has 0 spiro atoms. The van der Waals surface area contributed by atoms with E-state index in [1.165, 1.54) is 58.7 Å². The average Bonchev–Trinajstić information content (AvgIpc) is 2.47. The van der Waals surface area contributed by atoms with Gasteiger partial charge >= 0.3 is 0 Å². The minimum Gasteiger partial charge on any atom is -0.329 e. The topological polar surface area (TPSA) is 35.7 Å². The summed E-state index contributed by atoms with van der Waals surface area (Å²) in [5, 5.41) is 0. The first-order chi connectivity index (χ1) is 9.45. The number of rotatable bonds is 2. The second-order valence-electron chi connectivity index (χ2n) is 8.00. The summed E-state index contributed by atoms with van der Waals surface area (Å²) in [5.74, 6) is 0.832. The van der Waals surface area contributed by atoms with Crippen LogP contribution < -0.4 is 5.73 Å². The number of fused-ring (bicyclic) bond motifs is 3. The van der Waals surface area contributed by atoms with E-state index < -0.39 is 0 Å². The number of nitrogens with zero attached hydrogens (tertiary/aromatic N) is 3. The Morgan fingerprint density at radius 2 is 1.60 bits per heavy atom. The van der Waals surface area contributed by atoms with E-state index in [9.17, 15) is 0 Å². The van der Waals surface area contributed by atoms with Gasteiger partial charge in [-0.05, 0) is 52.6 Å². The van der Waals surface area contributed by atoms with Crippen LogP contribution in [0.2, 0.25) is 0 Å². The lowest BCUT2D eigenvalue weighted by molar-refractivity contribution is -0.0894. The van der Waals surface area contributed by atoms with Crippen LogP contribution in [0, 0.1) is 5.92 Å². The van der Waals surface area contributed by atoms with Crippen LogP contribution in [0.4, 0.5) is 0 Å². The highest BCUT2D eigenvalue weighted by atomic mass is 15.4. The van der Waals surface area contributed by atoms with Gasteiger partial charge in [-0.15, -0.1) is 0 Å². The monoisotopic (exact) mass is 280 g/mol. The standard InChI is InChI=1S/C16H32N4/c1-15(2,3)19-8-10-20(11-9-19)16(12-17)13-18-6-4-14(16)5-7-18/h14H,4-13,17H2,1-3H3. The molecule has 4 nitrogen and oxygen atoms in total. The van der Waals surface area contributed by atoms with Crippen molar-refractivity contribution in [3.8, 4) is 0 Å². The predicted molar refractivity (Wildman–Crippen MR) is 83.8 cm³/mol. The Labute approximate surface area is 124 Å². The molecule has 0 aromatic rings. The molecule has 4 heterocycles. The van der Waals surface area contributed by atoms with Crippen molar-refractivity contribution in [1.82, 2.24) is 14.7 Å². The zero-order valence-corrected chi connectivity index (χ0v) is 13.6. The molecule has 0 aromatic carbocycles. The molecule has 4 heteroatoms. The van der Waals surface area contributed by atoms with E-state index in [2.05, 4.69) is 35.5 Å². The summed E-state index contributed by atoms with van der Waals surface area (Å²) < 4.78 is 0. The third-order valence-electron chi connectivity index (χ3n) is 6.06. The second-order valence-corrected chi connectivity index (χ2v) is 8.00. The molecule has 4 rings (SSSR count). The van der Waals surface area contributed by atoms with Crippen LogP contribution in [0.15, 0.2) is 0 Å². The molecule has 0 radical (unpaired) electrons. The molecule has 0 amide bonds. The van der Waals surface area contributed by atoms with Crippen molar-refractivity contribution in [2.24, 2.45) is 11.7 Å². The first-order valence-electron chi connectivity index (χ1n) is 8.38. The Morgan fingerprint density at radius 1 is 1.00 bits per heavy atom. The molecule has 0 aliphatic carbocycles. The predicted octanol–water partition coefficient (Wildman–Crippen LogP) is 0.826. The average molecular weight is 280 g/mol. The van der Waals surface area contributed by atoms with Gasteiger partial charge in [0, 0.05) is 50.3 Å². The molecular weight excluding hydrogens is 248 g/mol. The van der Waals surface area contributed by atoms with Gasteiger partial charge in [-0.3, -0.25) is 9.80 Å². The zero-order chi connectivity index (χ0) is 14.4. The van der Waals surface area contributed by atoms with Crippen LogP contribution in [-0.4, -0.2) is 78.1 Å². The Balaban J connectivity index is 1.70. The molecule has 20 heavy (non-hydrogen) atoms. The Hall–Kier alpha value is -0.160. The van der Waals surface area contributed by atoms with E-state index in [0.717, 1.165) is 12.5 Å². The molecule has 4 saturated heterocycles. The van der Waals surface area contributed by atoms with Crippen LogP contribution in [0.1, 0.15) is 33.6 Å². The summed E-state index contributed by atoms with van der Waals surface area (Å²) >= 11 is 0. The molecule has 1 unspecified atom stereocenters. The van der Waals surface area contributed by atoms with Crippen molar-refractivity contribution in [2.45, 2.75) is 44.7 Å². The molecule has 1 atom stereocenters. The maximum atomic E-state index is 6.29. The number of piperazine rings is 1. The van der Waals surface area contributed by atoms with Gasteiger partial charge in [0.1, 0.15) is 0 Å². The summed E-state index contributed by atoms with van der Waals surface area (Å²) in [6.45, 7) is 16.4. The van der Waals surface area contributed by atoms with Gasteiger partial charge in [-0.1, -0.05) is 0 Å². The summed E-state index contributed by atoms with van der Waals surface area (Å²) in [4.78, 5) is 8.00. The number of nitrogens with two attached hydrogens (primary N) is 1. The third-order valence-corrected chi connectivity index (χ3v) is 6.06. The maximum absolute atomic E-state index is 6.29. The molecule has 4 aliphatic rings. The van der Waals surface area contributed by atoms with Crippen molar-refractivity contribution in [1.29, 1.82) is 0 Å². The summed E-state index contributed by atoms with van der Waals surface area (Å²) in [6.07, 6.45) is 2.72. The molecule has 2 N–H and O–H groups in total. The van der Waals surface area contributed by atoms with Crippen molar-refractivity contribution in [3.05, 3.63) is 0 Å². The highest BCUT2D eigenvalue weighted by Crippen LogP contribution is 2.39. The van der Waals surface area contributed by atoms with E-state index in [1.54, 1.807) is 0 Å². The van der Waals surface area contributed by atoms with Crippen molar-refractivity contribution >= 4 is 0 Å². The molecule has 116 valence electrons. The van der Waals surface area contributed by atoms with Crippen LogP contribution in [-0.2, 0) is 0 Å². The van der Waals surface area contributed by atoms with Gasteiger partial charge < -0.3 is 10.6 Å². The summed E-state index contributed by atoms with van der Waals surface area (Å²) in [6, 6.07) is 0. The molecule has 4 aliphatic heterocycles. The quantitative estimate of drug-likeness (QED) is 0.812. The summed E-state index contributed by atoms with van der Waals surface area (Å²) in [7, 11) is 0. The lowest BCUT2D eigenvalue weighted by Gasteiger charge is -2.59. The fraction of sp³-hybridized carbons (Fsp3) is 1.00. The first-order valence-corrected chi connectivity index (χ1v) is 8.38. The van der Waals surface area contributed by atoms with E-state index in [0.29, 0.717) is 5.54 Å². The third kappa shape index (κ3) is 2.41. The number of hydrogen-bond donors (Lipinski definition) is 1.